The van der Waals surface area contributed by atoms with Crippen molar-refractivity contribution in [2.45, 2.75) is 6.54 Å². The first kappa shape index (κ1) is 11.0. The maximum atomic E-state index is 4.58. The van der Waals surface area contributed by atoms with Gasteiger partial charge in [0.05, 0.1) is 26.0 Å². The van der Waals surface area contributed by atoms with Crippen LogP contribution in [0.4, 0.5) is 0 Å². The summed E-state index contributed by atoms with van der Waals surface area (Å²) in [4.78, 5) is 8.87. The molecule has 21 heavy (non-hydrogen) atoms. The van der Waals surface area contributed by atoms with E-state index in [1.807, 2.05) is 24.7 Å². The van der Waals surface area contributed by atoms with Crippen LogP contribution in [0.25, 0.3) is 33.6 Å². The van der Waals surface area contributed by atoms with Crippen molar-refractivity contribution in [3.63, 3.8) is 0 Å². The standard InChI is InChI=1S/C16H14N5/c1-19-12-5-7-17-8-11(12)14-16(19)21-9-10-4-3-6-18-13(10)15(21)20(14)2/h3-8H,9H2,1-2H3/q+1. The molecule has 0 radical (unpaired) electrons. The van der Waals surface area contributed by atoms with Gasteiger partial charge in [-0.15, -0.1) is 0 Å². The molecular weight excluding hydrogens is 262 g/mol. The number of imidazole rings is 1. The molecule has 0 fully saturated rings. The van der Waals surface area contributed by atoms with E-state index < -0.39 is 0 Å². The van der Waals surface area contributed by atoms with E-state index in [-0.39, 0.29) is 0 Å². The van der Waals surface area contributed by atoms with Gasteiger partial charge in [-0.05, 0) is 12.1 Å². The van der Waals surface area contributed by atoms with E-state index in [1.165, 1.54) is 33.5 Å². The molecule has 0 aromatic carbocycles. The maximum absolute atomic E-state index is 4.58. The second kappa shape index (κ2) is 3.49. The number of fused-ring (bicyclic) bond motifs is 7. The highest BCUT2D eigenvalue weighted by Crippen LogP contribution is 2.33. The van der Waals surface area contributed by atoms with E-state index in [9.17, 15) is 0 Å². The van der Waals surface area contributed by atoms with E-state index in [0.29, 0.717) is 0 Å². The molecular formula is C16H14N5+. The third kappa shape index (κ3) is 1.15. The van der Waals surface area contributed by atoms with E-state index in [4.69, 9.17) is 0 Å². The predicted octanol–water partition coefficient (Wildman–Crippen LogP) is 1.78. The average Bonchev–Trinajstić information content (AvgIpc) is 3.11. The van der Waals surface area contributed by atoms with Gasteiger partial charge in [0.2, 0.25) is 0 Å². The summed E-state index contributed by atoms with van der Waals surface area (Å²) in [5.41, 5.74) is 6.05. The zero-order valence-corrected chi connectivity index (χ0v) is 11.9. The number of rotatable bonds is 0. The second-order valence-corrected chi connectivity index (χ2v) is 5.60. The summed E-state index contributed by atoms with van der Waals surface area (Å²) in [6.45, 7) is 0.882. The van der Waals surface area contributed by atoms with Gasteiger partial charge in [0, 0.05) is 24.2 Å². The van der Waals surface area contributed by atoms with Crippen LogP contribution in [-0.4, -0.2) is 19.1 Å². The van der Waals surface area contributed by atoms with Crippen LogP contribution >= 0.6 is 0 Å². The fraction of sp³-hybridized carbons (Fsp3) is 0.188. The molecule has 0 bridgehead atoms. The zero-order chi connectivity index (χ0) is 14.1. The van der Waals surface area contributed by atoms with Gasteiger partial charge >= 0.3 is 0 Å². The minimum Gasteiger partial charge on any atom is -0.264 e. The molecule has 0 atom stereocenters. The molecule has 5 rings (SSSR count). The summed E-state index contributed by atoms with van der Waals surface area (Å²) in [5, 5.41) is 1.19. The van der Waals surface area contributed by atoms with Gasteiger partial charge in [0.1, 0.15) is 11.2 Å². The lowest BCUT2D eigenvalue weighted by Crippen LogP contribution is -2.33. The number of hydrogen-bond donors (Lipinski definition) is 0. The maximum Gasteiger partial charge on any atom is 0.269 e. The van der Waals surface area contributed by atoms with Gasteiger partial charge in [-0.3, -0.25) is 14.1 Å². The van der Waals surface area contributed by atoms with Crippen molar-refractivity contribution < 1.29 is 4.57 Å². The molecule has 1 aliphatic heterocycles. The highest BCUT2D eigenvalue weighted by molar-refractivity contribution is 6.04. The van der Waals surface area contributed by atoms with Crippen LogP contribution in [0.1, 0.15) is 5.56 Å². The fourth-order valence-electron chi connectivity index (χ4n) is 3.66. The third-order valence-corrected chi connectivity index (χ3v) is 4.54. The lowest BCUT2D eigenvalue weighted by molar-refractivity contribution is -0.648. The first-order valence-electron chi connectivity index (χ1n) is 7.02. The number of aryl methyl sites for hydroxylation is 2. The van der Waals surface area contributed by atoms with Crippen molar-refractivity contribution in [1.29, 1.82) is 0 Å². The summed E-state index contributed by atoms with van der Waals surface area (Å²) in [5.74, 6) is 1.18. The molecule has 0 saturated carbocycles. The molecule has 0 amide bonds. The minimum absolute atomic E-state index is 0.882. The summed E-state index contributed by atoms with van der Waals surface area (Å²) in [7, 11) is 4.23. The minimum atomic E-state index is 0.882. The van der Waals surface area contributed by atoms with Crippen molar-refractivity contribution >= 4 is 22.1 Å². The molecule has 0 N–H and O–H groups in total. The first-order valence-corrected chi connectivity index (χ1v) is 7.02. The predicted molar refractivity (Wildman–Crippen MR) is 79.7 cm³/mol. The van der Waals surface area contributed by atoms with Crippen molar-refractivity contribution in [2.75, 3.05) is 0 Å². The number of hydrogen-bond acceptors (Lipinski definition) is 2. The van der Waals surface area contributed by atoms with Crippen molar-refractivity contribution in [1.82, 2.24) is 19.1 Å². The van der Waals surface area contributed by atoms with E-state index in [0.717, 1.165) is 12.2 Å². The van der Waals surface area contributed by atoms with Crippen LogP contribution in [0.15, 0.2) is 36.8 Å². The molecule has 4 aromatic heterocycles. The van der Waals surface area contributed by atoms with Crippen LogP contribution in [0.3, 0.4) is 0 Å². The van der Waals surface area contributed by atoms with E-state index in [1.54, 1.807) is 0 Å². The molecule has 0 spiro atoms. The molecule has 5 heterocycles. The van der Waals surface area contributed by atoms with Crippen LogP contribution in [0.2, 0.25) is 0 Å². The summed E-state index contributed by atoms with van der Waals surface area (Å²) < 4.78 is 6.85. The summed E-state index contributed by atoms with van der Waals surface area (Å²) >= 11 is 0. The van der Waals surface area contributed by atoms with Crippen molar-refractivity contribution in [3.8, 4) is 11.5 Å². The molecule has 0 unspecified atom stereocenters. The summed E-state index contributed by atoms with van der Waals surface area (Å²) in [6.07, 6.45) is 5.67. The Bertz CT molecular complexity index is 1040. The number of nitrogens with zero attached hydrogens (tertiary/aromatic N) is 5. The highest BCUT2D eigenvalue weighted by Gasteiger charge is 2.35. The molecule has 5 nitrogen and oxygen atoms in total. The number of aromatic nitrogens is 5. The second-order valence-electron chi connectivity index (χ2n) is 5.60. The van der Waals surface area contributed by atoms with E-state index in [2.05, 4.69) is 49.9 Å². The Hall–Kier alpha value is -2.69. The van der Waals surface area contributed by atoms with Crippen LogP contribution < -0.4 is 4.57 Å². The van der Waals surface area contributed by atoms with Crippen LogP contribution in [-0.2, 0) is 20.6 Å². The molecule has 102 valence electrons. The highest BCUT2D eigenvalue weighted by atomic mass is 15.2. The molecule has 0 saturated heterocycles. The van der Waals surface area contributed by atoms with Crippen molar-refractivity contribution in [3.05, 3.63) is 42.4 Å². The van der Waals surface area contributed by atoms with Crippen molar-refractivity contribution in [2.24, 2.45) is 14.1 Å². The largest absolute Gasteiger partial charge is 0.269 e. The Balaban J connectivity index is 2.02. The average molecular weight is 276 g/mol. The van der Waals surface area contributed by atoms with Gasteiger partial charge in [0.15, 0.2) is 5.52 Å². The monoisotopic (exact) mass is 276 g/mol. The SMILES string of the molecule is Cn1c2[n+](c3c1c1cnccc1n3C)Cc1cccnc1-2. The Kier molecular flexibility index (Phi) is 1.83. The van der Waals surface area contributed by atoms with Gasteiger partial charge in [-0.2, -0.15) is 0 Å². The number of pyridine rings is 2. The Morgan fingerprint density at radius 1 is 1.14 bits per heavy atom. The van der Waals surface area contributed by atoms with Crippen LogP contribution in [0.5, 0.6) is 0 Å². The Morgan fingerprint density at radius 3 is 2.95 bits per heavy atom. The first-order chi connectivity index (χ1) is 10.3. The smallest absolute Gasteiger partial charge is 0.264 e. The lowest BCUT2D eigenvalue weighted by atomic mass is 10.2. The van der Waals surface area contributed by atoms with Crippen LogP contribution in [0, 0.1) is 0 Å². The van der Waals surface area contributed by atoms with E-state index >= 15 is 0 Å². The lowest BCUT2D eigenvalue weighted by Gasteiger charge is -1.97. The Labute approximate surface area is 121 Å². The topological polar surface area (TPSA) is 39.5 Å². The third-order valence-electron chi connectivity index (χ3n) is 4.54. The zero-order valence-electron chi connectivity index (χ0n) is 11.9. The van der Waals surface area contributed by atoms with Gasteiger partial charge in [-0.25, -0.2) is 9.55 Å². The fourth-order valence-corrected chi connectivity index (χ4v) is 3.66. The Morgan fingerprint density at radius 2 is 2.05 bits per heavy atom. The van der Waals surface area contributed by atoms with Gasteiger partial charge < -0.3 is 0 Å². The van der Waals surface area contributed by atoms with Gasteiger partial charge in [0.25, 0.3) is 11.5 Å². The molecule has 0 aliphatic carbocycles. The normalized spacial score (nSPS) is 13.0. The quantitative estimate of drug-likeness (QED) is 0.404. The molecule has 5 heteroatoms. The molecule has 4 aromatic rings. The van der Waals surface area contributed by atoms with Gasteiger partial charge in [-0.1, -0.05) is 6.07 Å². The molecule has 1 aliphatic rings. The summed E-state index contributed by atoms with van der Waals surface area (Å²) in [6, 6.07) is 6.24.